The van der Waals surface area contributed by atoms with Crippen molar-refractivity contribution in [2.45, 2.75) is 45.2 Å². The topological polar surface area (TPSA) is 65.0 Å². The molecule has 154 valence electrons. The molecule has 0 bridgehead atoms. The Hall–Kier alpha value is -2.73. The SMILES string of the molecule is CCCCN1CCC(N(Cc2ccccc2)C(=O)Nc2cccc(N=O)c2)CC1. The molecule has 1 heterocycles. The van der Waals surface area contributed by atoms with Crippen LogP contribution in [0.3, 0.4) is 0 Å². The van der Waals surface area contributed by atoms with E-state index in [1.165, 1.54) is 12.8 Å². The lowest BCUT2D eigenvalue weighted by molar-refractivity contribution is 0.122. The van der Waals surface area contributed by atoms with Crippen molar-refractivity contribution in [3.8, 4) is 0 Å². The molecule has 0 spiro atoms. The first-order valence-corrected chi connectivity index (χ1v) is 10.5. The van der Waals surface area contributed by atoms with Crippen LogP contribution in [-0.2, 0) is 6.54 Å². The summed E-state index contributed by atoms with van der Waals surface area (Å²) in [6.45, 7) is 5.97. The molecule has 0 aliphatic carbocycles. The number of unbranched alkanes of at least 4 members (excludes halogenated alkanes) is 1. The highest BCUT2D eigenvalue weighted by Crippen LogP contribution is 2.22. The molecule has 0 saturated carbocycles. The van der Waals surface area contributed by atoms with Gasteiger partial charge in [-0.2, -0.15) is 0 Å². The number of nitroso groups, excluding NO2 is 1. The second-order valence-corrected chi connectivity index (χ2v) is 7.61. The highest BCUT2D eigenvalue weighted by molar-refractivity contribution is 5.90. The fraction of sp³-hybridized carbons (Fsp3) is 0.435. The van der Waals surface area contributed by atoms with Crippen LogP contribution in [0, 0.1) is 4.91 Å². The van der Waals surface area contributed by atoms with Gasteiger partial charge in [0, 0.05) is 31.4 Å². The standard InChI is InChI=1S/C23H30N4O2/c1-2-3-14-26-15-12-22(13-16-26)27(18-19-8-5-4-6-9-19)23(28)24-20-10-7-11-21(17-20)25-29/h4-11,17,22H,2-3,12-16,18H2,1H3,(H,24,28). The lowest BCUT2D eigenvalue weighted by Gasteiger charge is -2.38. The number of hydrogen-bond donors (Lipinski definition) is 1. The summed E-state index contributed by atoms with van der Waals surface area (Å²) < 4.78 is 0. The van der Waals surface area contributed by atoms with Gasteiger partial charge in [0.05, 0.1) is 0 Å². The third-order valence-electron chi connectivity index (χ3n) is 5.49. The maximum Gasteiger partial charge on any atom is 0.322 e. The van der Waals surface area contributed by atoms with Crippen molar-refractivity contribution in [2.75, 3.05) is 25.0 Å². The zero-order chi connectivity index (χ0) is 20.5. The normalized spacial score (nSPS) is 15.1. The predicted molar refractivity (Wildman–Crippen MR) is 117 cm³/mol. The summed E-state index contributed by atoms with van der Waals surface area (Å²) in [5.41, 5.74) is 2.01. The number of piperidine rings is 1. The summed E-state index contributed by atoms with van der Waals surface area (Å²) in [5.74, 6) is 0. The van der Waals surface area contributed by atoms with Gasteiger partial charge in [0.15, 0.2) is 0 Å². The van der Waals surface area contributed by atoms with Crippen LogP contribution >= 0.6 is 0 Å². The van der Waals surface area contributed by atoms with Gasteiger partial charge in [-0.3, -0.25) is 0 Å². The number of nitrogens with zero attached hydrogens (tertiary/aromatic N) is 3. The molecule has 3 rings (SSSR count). The van der Waals surface area contributed by atoms with Crippen molar-refractivity contribution in [3.05, 3.63) is 65.1 Å². The van der Waals surface area contributed by atoms with Crippen molar-refractivity contribution in [1.82, 2.24) is 9.80 Å². The smallest absolute Gasteiger partial charge is 0.317 e. The first-order valence-electron chi connectivity index (χ1n) is 10.5. The molecule has 6 heteroatoms. The van der Waals surface area contributed by atoms with Crippen molar-refractivity contribution in [3.63, 3.8) is 0 Å². The summed E-state index contributed by atoms with van der Waals surface area (Å²) in [5, 5.41) is 5.91. The van der Waals surface area contributed by atoms with Crippen LogP contribution in [0.5, 0.6) is 0 Å². The van der Waals surface area contributed by atoms with Gasteiger partial charge in [-0.25, -0.2) is 4.79 Å². The Balaban J connectivity index is 1.70. The molecule has 1 N–H and O–H groups in total. The average Bonchev–Trinajstić information content (AvgIpc) is 2.77. The summed E-state index contributed by atoms with van der Waals surface area (Å²) >= 11 is 0. The fourth-order valence-corrected chi connectivity index (χ4v) is 3.82. The van der Waals surface area contributed by atoms with Crippen molar-refractivity contribution >= 4 is 17.4 Å². The van der Waals surface area contributed by atoms with E-state index in [2.05, 4.69) is 22.3 Å². The minimum atomic E-state index is -0.135. The molecule has 0 unspecified atom stereocenters. The van der Waals surface area contributed by atoms with Crippen LogP contribution in [0.15, 0.2) is 59.8 Å². The fourth-order valence-electron chi connectivity index (χ4n) is 3.82. The van der Waals surface area contributed by atoms with E-state index < -0.39 is 0 Å². The number of amides is 2. The van der Waals surface area contributed by atoms with Gasteiger partial charge < -0.3 is 15.1 Å². The molecule has 0 radical (unpaired) electrons. The lowest BCUT2D eigenvalue weighted by atomic mass is 10.0. The summed E-state index contributed by atoms with van der Waals surface area (Å²) in [7, 11) is 0. The Labute approximate surface area is 172 Å². The van der Waals surface area contributed by atoms with Crippen LogP contribution in [0.2, 0.25) is 0 Å². The van der Waals surface area contributed by atoms with E-state index in [4.69, 9.17) is 0 Å². The maximum atomic E-state index is 13.2. The second-order valence-electron chi connectivity index (χ2n) is 7.61. The number of hydrogen-bond acceptors (Lipinski definition) is 4. The van der Waals surface area contributed by atoms with Crippen molar-refractivity contribution in [2.24, 2.45) is 5.18 Å². The van der Waals surface area contributed by atoms with E-state index >= 15 is 0 Å². The van der Waals surface area contributed by atoms with E-state index in [0.717, 1.165) is 38.0 Å². The number of anilines is 1. The molecule has 2 aromatic carbocycles. The first kappa shape index (κ1) is 21.0. The largest absolute Gasteiger partial charge is 0.322 e. The Morgan fingerprint density at radius 1 is 1.14 bits per heavy atom. The van der Waals surface area contributed by atoms with E-state index in [1.807, 2.05) is 35.2 Å². The van der Waals surface area contributed by atoms with Gasteiger partial charge in [-0.15, -0.1) is 4.91 Å². The molecular formula is C23H30N4O2. The average molecular weight is 395 g/mol. The zero-order valence-corrected chi connectivity index (χ0v) is 17.1. The molecule has 0 atom stereocenters. The molecule has 1 aliphatic rings. The number of carbonyl (C=O) groups is 1. The summed E-state index contributed by atoms with van der Waals surface area (Å²) in [4.78, 5) is 28.4. The number of rotatable bonds is 8. The Morgan fingerprint density at radius 3 is 2.59 bits per heavy atom. The number of urea groups is 1. The van der Waals surface area contributed by atoms with Gasteiger partial charge in [0.1, 0.15) is 5.69 Å². The Morgan fingerprint density at radius 2 is 1.90 bits per heavy atom. The van der Waals surface area contributed by atoms with E-state index in [9.17, 15) is 9.70 Å². The quantitative estimate of drug-likeness (QED) is 0.611. The number of nitrogens with one attached hydrogen (secondary N) is 1. The summed E-state index contributed by atoms with van der Waals surface area (Å²) in [6, 6.07) is 16.9. The monoisotopic (exact) mass is 394 g/mol. The van der Waals surface area contributed by atoms with E-state index in [-0.39, 0.29) is 12.1 Å². The van der Waals surface area contributed by atoms with E-state index in [1.54, 1.807) is 24.3 Å². The Bertz CT molecular complexity index is 788. The van der Waals surface area contributed by atoms with Gasteiger partial charge in [-0.1, -0.05) is 49.7 Å². The molecule has 1 saturated heterocycles. The summed E-state index contributed by atoms with van der Waals surface area (Å²) in [6.07, 6.45) is 4.37. The minimum Gasteiger partial charge on any atom is -0.317 e. The Kier molecular flexibility index (Phi) is 7.76. The van der Waals surface area contributed by atoms with Crippen LogP contribution in [0.4, 0.5) is 16.2 Å². The van der Waals surface area contributed by atoms with Crippen LogP contribution in [0.25, 0.3) is 0 Å². The zero-order valence-electron chi connectivity index (χ0n) is 17.1. The van der Waals surface area contributed by atoms with Crippen molar-refractivity contribution < 1.29 is 4.79 Å². The molecule has 1 fully saturated rings. The number of benzene rings is 2. The number of likely N-dealkylation sites (tertiary alicyclic amines) is 1. The molecule has 6 nitrogen and oxygen atoms in total. The van der Waals surface area contributed by atoms with Crippen LogP contribution in [0.1, 0.15) is 38.2 Å². The van der Waals surface area contributed by atoms with Gasteiger partial charge >= 0.3 is 6.03 Å². The van der Waals surface area contributed by atoms with Gasteiger partial charge in [0.25, 0.3) is 0 Å². The molecule has 0 aromatic heterocycles. The van der Waals surface area contributed by atoms with E-state index in [0.29, 0.717) is 17.9 Å². The minimum absolute atomic E-state index is 0.135. The van der Waals surface area contributed by atoms with Crippen LogP contribution in [-0.4, -0.2) is 41.5 Å². The third-order valence-corrected chi connectivity index (χ3v) is 5.49. The maximum absolute atomic E-state index is 13.2. The molecular weight excluding hydrogens is 364 g/mol. The van der Waals surface area contributed by atoms with Crippen LogP contribution < -0.4 is 5.32 Å². The highest BCUT2D eigenvalue weighted by Gasteiger charge is 2.28. The third kappa shape index (κ3) is 6.12. The second kappa shape index (κ2) is 10.7. The highest BCUT2D eigenvalue weighted by atomic mass is 16.3. The molecule has 1 aliphatic heterocycles. The first-order chi connectivity index (χ1) is 14.2. The number of carbonyl (C=O) groups excluding carboxylic acids is 1. The molecule has 2 amide bonds. The van der Waals surface area contributed by atoms with Gasteiger partial charge in [0.2, 0.25) is 0 Å². The molecule has 2 aromatic rings. The van der Waals surface area contributed by atoms with Crippen molar-refractivity contribution in [1.29, 1.82) is 0 Å². The molecule has 29 heavy (non-hydrogen) atoms. The van der Waals surface area contributed by atoms with Gasteiger partial charge in [-0.05, 0) is 54.7 Å². The lowest BCUT2D eigenvalue weighted by Crippen LogP contribution is -2.48. The predicted octanol–water partition coefficient (Wildman–Crippen LogP) is 5.38.